The highest BCUT2D eigenvalue weighted by Crippen LogP contribution is 2.33. The average molecular weight is 347 g/mol. The molecule has 2 aromatic rings. The van der Waals surface area contributed by atoms with Crippen LogP contribution in [0.3, 0.4) is 0 Å². The highest BCUT2D eigenvalue weighted by Gasteiger charge is 2.43. The summed E-state index contributed by atoms with van der Waals surface area (Å²) in [7, 11) is 0. The number of fused-ring (bicyclic) bond motifs is 3. The van der Waals surface area contributed by atoms with E-state index in [0.717, 1.165) is 23.1 Å². The Morgan fingerprint density at radius 2 is 2.17 bits per heavy atom. The number of alkyl halides is 3. The molecule has 6 nitrogen and oxygen atoms in total. The first-order chi connectivity index (χ1) is 10.8. The molecule has 0 N–H and O–H groups in total. The Hall–Kier alpha value is -1.87. The molecule has 0 radical (unpaired) electrons. The molecule has 2 unspecified atom stereocenters. The molecule has 4 heterocycles. The number of likely N-dealkylation sites (tertiary alicyclic amines) is 1. The molecule has 10 heteroatoms. The first-order valence-corrected chi connectivity index (χ1v) is 7.26. The molecule has 2 saturated heterocycles. The van der Waals surface area contributed by atoms with Gasteiger partial charge in [0.1, 0.15) is 0 Å². The molecule has 4 rings (SSSR count). The zero-order valence-electron chi connectivity index (χ0n) is 11.5. The monoisotopic (exact) mass is 346 g/mol. The molecule has 122 valence electrons. The van der Waals surface area contributed by atoms with Gasteiger partial charge in [0.05, 0.1) is 29.3 Å². The van der Waals surface area contributed by atoms with Gasteiger partial charge in [-0.05, 0) is 12.5 Å². The summed E-state index contributed by atoms with van der Waals surface area (Å²) in [5, 5.41) is 7.26. The van der Waals surface area contributed by atoms with Crippen LogP contribution in [0.2, 0.25) is 5.02 Å². The van der Waals surface area contributed by atoms with Crippen molar-refractivity contribution in [2.45, 2.75) is 24.7 Å². The minimum atomic E-state index is -4.58. The molecular weight excluding hydrogens is 337 g/mol. The van der Waals surface area contributed by atoms with E-state index in [-0.39, 0.29) is 28.6 Å². The zero-order valence-corrected chi connectivity index (χ0v) is 12.3. The summed E-state index contributed by atoms with van der Waals surface area (Å²) in [6.45, 7) is 0.840. The Balaban J connectivity index is 1.78. The van der Waals surface area contributed by atoms with E-state index < -0.39 is 17.6 Å². The van der Waals surface area contributed by atoms with Crippen LogP contribution in [0.25, 0.3) is 5.65 Å². The number of aromatic nitrogens is 3. The lowest BCUT2D eigenvalue weighted by Crippen LogP contribution is -2.42. The quantitative estimate of drug-likeness (QED) is 0.792. The van der Waals surface area contributed by atoms with Crippen LogP contribution in [0.5, 0.6) is 0 Å². The van der Waals surface area contributed by atoms with Crippen molar-refractivity contribution >= 4 is 23.2 Å². The summed E-state index contributed by atoms with van der Waals surface area (Å²) in [6, 6.07) is 0.701. The van der Waals surface area contributed by atoms with Gasteiger partial charge in [0, 0.05) is 12.7 Å². The third kappa shape index (κ3) is 2.26. The van der Waals surface area contributed by atoms with Crippen LogP contribution in [0.15, 0.2) is 12.3 Å². The van der Waals surface area contributed by atoms with Gasteiger partial charge in [0.25, 0.3) is 5.91 Å². The van der Waals surface area contributed by atoms with Gasteiger partial charge in [0.15, 0.2) is 5.65 Å². The molecule has 1 amide bonds. The van der Waals surface area contributed by atoms with Gasteiger partial charge in [-0.3, -0.25) is 9.20 Å². The van der Waals surface area contributed by atoms with Crippen molar-refractivity contribution in [3.8, 4) is 0 Å². The van der Waals surface area contributed by atoms with Gasteiger partial charge in [-0.25, -0.2) is 0 Å². The standard InChI is InChI=1S/C13H10ClF3N4O2/c14-9-1-6(13(15,16)17)3-21-10(9)18-19-11(21)12(22)20-4-8-2-7(20)5-23-8/h1,3,7-8H,2,4-5H2. The number of carbonyl (C=O) groups is 1. The smallest absolute Gasteiger partial charge is 0.374 e. The zero-order chi connectivity index (χ0) is 16.4. The van der Waals surface area contributed by atoms with Crippen LogP contribution in [0.1, 0.15) is 22.6 Å². The Kier molecular flexibility index (Phi) is 3.08. The van der Waals surface area contributed by atoms with Gasteiger partial charge in [-0.15, -0.1) is 10.2 Å². The number of halogens is 4. The summed E-state index contributed by atoms with van der Waals surface area (Å²) in [6.07, 6.45) is -3.07. The van der Waals surface area contributed by atoms with Crippen molar-refractivity contribution in [2.75, 3.05) is 13.2 Å². The number of rotatable bonds is 1. The molecule has 2 aromatic heterocycles. The number of hydrogen-bond donors (Lipinski definition) is 0. The van der Waals surface area contributed by atoms with Crippen LogP contribution in [0, 0.1) is 0 Å². The largest absolute Gasteiger partial charge is 0.417 e. The van der Waals surface area contributed by atoms with Crippen LogP contribution < -0.4 is 0 Å². The lowest BCUT2D eigenvalue weighted by Gasteiger charge is -2.26. The van der Waals surface area contributed by atoms with Crippen molar-refractivity contribution in [3.05, 3.63) is 28.7 Å². The van der Waals surface area contributed by atoms with Gasteiger partial charge in [0.2, 0.25) is 5.82 Å². The fourth-order valence-corrected chi connectivity index (χ4v) is 3.28. The molecule has 0 aliphatic carbocycles. The van der Waals surface area contributed by atoms with Crippen molar-refractivity contribution in [2.24, 2.45) is 0 Å². The van der Waals surface area contributed by atoms with E-state index in [1.54, 1.807) is 4.90 Å². The Bertz CT molecular complexity index is 806. The fraction of sp³-hybridized carbons (Fsp3) is 0.462. The number of amides is 1. The van der Waals surface area contributed by atoms with Crippen molar-refractivity contribution < 1.29 is 22.7 Å². The number of nitrogens with zero attached hydrogens (tertiary/aromatic N) is 4. The number of carbonyl (C=O) groups excluding carboxylic acids is 1. The summed E-state index contributed by atoms with van der Waals surface area (Å²) in [5.41, 5.74) is -0.946. The number of ether oxygens (including phenoxy) is 1. The molecular formula is C13H10ClF3N4O2. The molecule has 0 saturated carbocycles. The first-order valence-electron chi connectivity index (χ1n) is 6.88. The minimum absolute atomic E-state index is 0.0162. The third-order valence-corrected chi connectivity index (χ3v) is 4.42. The molecule has 2 atom stereocenters. The van der Waals surface area contributed by atoms with Crippen LogP contribution in [-0.2, 0) is 10.9 Å². The second kappa shape index (κ2) is 4.81. The van der Waals surface area contributed by atoms with E-state index in [9.17, 15) is 18.0 Å². The maximum absolute atomic E-state index is 12.9. The first kappa shape index (κ1) is 14.7. The highest BCUT2D eigenvalue weighted by atomic mass is 35.5. The Labute approximate surface area is 132 Å². The van der Waals surface area contributed by atoms with Crippen LogP contribution in [-0.4, -0.2) is 50.7 Å². The molecule has 2 fully saturated rings. The molecule has 23 heavy (non-hydrogen) atoms. The molecule has 2 bridgehead atoms. The second-order valence-electron chi connectivity index (χ2n) is 5.59. The van der Waals surface area contributed by atoms with Crippen molar-refractivity contribution in [1.29, 1.82) is 0 Å². The Morgan fingerprint density at radius 3 is 2.78 bits per heavy atom. The normalized spacial score (nSPS) is 23.9. The summed E-state index contributed by atoms with van der Waals surface area (Å²) in [4.78, 5) is 14.2. The lowest BCUT2D eigenvalue weighted by molar-refractivity contribution is -0.137. The maximum Gasteiger partial charge on any atom is 0.417 e. The van der Waals surface area contributed by atoms with Gasteiger partial charge in [-0.1, -0.05) is 11.6 Å². The van der Waals surface area contributed by atoms with Crippen LogP contribution in [0.4, 0.5) is 13.2 Å². The van der Waals surface area contributed by atoms with Gasteiger partial charge in [-0.2, -0.15) is 13.2 Å². The van der Waals surface area contributed by atoms with Crippen molar-refractivity contribution in [3.63, 3.8) is 0 Å². The third-order valence-electron chi connectivity index (χ3n) is 4.14. The minimum Gasteiger partial charge on any atom is -0.374 e. The van der Waals surface area contributed by atoms with Gasteiger partial charge >= 0.3 is 6.18 Å². The molecule has 2 aliphatic heterocycles. The highest BCUT2D eigenvalue weighted by molar-refractivity contribution is 6.33. The molecule has 0 aromatic carbocycles. The number of morpholine rings is 1. The lowest BCUT2D eigenvalue weighted by atomic mass is 10.2. The van der Waals surface area contributed by atoms with E-state index in [4.69, 9.17) is 16.3 Å². The predicted molar refractivity (Wildman–Crippen MR) is 72.2 cm³/mol. The van der Waals surface area contributed by atoms with Crippen molar-refractivity contribution in [1.82, 2.24) is 19.5 Å². The van der Waals surface area contributed by atoms with E-state index in [2.05, 4.69) is 10.2 Å². The summed E-state index contributed by atoms with van der Waals surface area (Å²) < 4.78 is 45.2. The topological polar surface area (TPSA) is 59.7 Å². The summed E-state index contributed by atoms with van der Waals surface area (Å²) in [5.74, 6) is -0.649. The van der Waals surface area contributed by atoms with Crippen LogP contribution >= 0.6 is 11.6 Å². The molecule has 0 spiro atoms. The molecule has 2 aliphatic rings. The number of pyridine rings is 1. The van der Waals surface area contributed by atoms with E-state index >= 15 is 0 Å². The van der Waals surface area contributed by atoms with Gasteiger partial charge < -0.3 is 9.64 Å². The number of hydrogen-bond acceptors (Lipinski definition) is 4. The van der Waals surface area contributed by atoms with E-state index in [1.807, 2.05) is 0 Å². The van der Waals surface area contributed by atoms with E-state index in [1.165, 1.54) is 0 Å². The SMILES string of the molecule is O=C(c1nnc2c(Cl)cc(C(F)(F)F)cn12)N1CC2CC1CO2. The average Bonchev–Trinajstić information content (AvgIpc) is 3.20. The summed E-state index contributed by atoms with van der Waals surface area (Å²) >= 11 is 5.84. The van der Waals surface area contributed by atoms with E-state index in [0.29, 0.717) is 13.2 Å². The second-order valence-corrected chi connectivity index (χ2v) is 6.00. The predicted octanol–water partition coefficient (Wildman–Crippen LogP) is 2.01. The maximum atomic E-state index is 12.9. The Morgan fingerprint density at radius 1 is 1.39 bits per heavy atom. The fourth-order valence-electron chi connectivity index (χ4n) is 3.03.